The maximum absolute atomic E-state index is 11.4. The van der Waals surface area contributed by atoms with Gasteiger partial charge in [0.25, 0.3) is 5.91 Å². The number of aliphatic hydroxyl groups is 1. The number of amides is 1. The van der Waals surface area contributed by atoms with Crippen molar-refractivity contribution >= 4 is 11.9 Å². The molecule has 0 aliphatic heterocycles. The van der Waals surface area contributed by atoms with E-state index in [0.29, 0.717) is 0 Å². The summed E-state index contributed by atoms with van der Waals surface area (Å²) in [4.78, 5) is 25.9. The van der Waals surface area contributed by atoms with E-state index in [-0.39, 0.29) is 5.56 Å². The van der Waals surface area contributed by atoms with Gasteiger partial charge in [-0.05, 0) is 12.1 Å². The fraction of sp³-hybridized carbons (Fsp3) is 0.222. The van der Waals surface area contributed by atoms with E-state index in [2.05, 4.69) is 9.72 Å². The zero-order valence-corrected chi connectivity index (χ0v) is 8.01. The number of carbonyl (C=O) groups is 2. The van der Waals surface area contributed by atoms with Crippen LogP contribution in [0.4, 0.5) is 0 Å². The number of nitrogens with zero attached hydrogens (tertiary/aromatic N) is 1. The Morgan fingerprint density at radius 2 is 2.33 bits per heavy atom. The monoisotopic (exact) mass is 210 g/mol. The molecule has 0 aromatic carbocycles. The summed E-state index contributed by atoms with van der Waals surface area (Å²) < 4.78 is 4.23. The van der Waals surface area contributed by atoms with Crippen LogP contribution in [0.5, 0.6) is 0 Å². The number of methoxy groups -OCH3 is 1. The molecular weight excluding hydrogens is 200 g/mol. The van der Waals surface area contributed by atoms with Gasteiger partial charge in [0.05, 0.1) is 12.7 Å². The van der Waals surface area contributed by atoms with Crippen LogP contribution in [0.15, 0.2) is 24.5 Å². The largest absolute Gasteiger partial charge is 0.466 e. The first kappa shape index (κ1) is 11.1. The zero-order valence-electron chi connectivity index (χ0n) is 8.01. The molecule has 0 radical (unpaired) electrons. The summed E-state index contributed by atoms with van der Waals surface area (Å²) in [5, 5.41) is 11.2. The molecule has 2 N–H and O–H groups in total. The smallest absolute Gasteiger partial charge is 0.356 e. The lowest BCUT2D eigenvalue weighted by atomic mass is 10.2. The average molecular weight is 210 g/mol. The molecule has 1 aromatic heterocycles. The highest BCUT2D eigenvalue weighted by Gasteiger charge is 2.18. The summed E-state index contributed by atoms with van der Waals surface area (Å²) in [5.41, 5.74) is 0.250. The molecule has 1 unspecified atom stereocenters. The number of aliphatic hydroxyl groups excluding tert-OH is 1. The van der Waals surface area contributed by atoms with Crippen molar-refractivity contribution in [3.63, 3.8) is 0 Å². The van der Waals surface area contributed by atoms with Crippen LogP contribution in [0.25, 0.3) is 0 Å². The second-order valence-electron chi connectivity index (χ2n) is 2.64. The second kappa shape index (κ2) is 5.06. The third kappa shape index (κ3) is 3.03. The quantitative estimate of drug-likeness (QED) is 0.509. The van der Waals surface area contributed by atoms with Crippen molar-refractivity contribution in [3.05, 3.63) is 30.1 Å². The Bertz CT molecular complexity index is 352. The number of pyridine rings is 1. The normalized spacial score (nSPS) is 11.6. The Balaban J connectivity index is 2.61. The van der Waals surface area contributed by atoms with E-state index in [1.165, 1.54) is 18.5 Å². The van der Waals surface area contributed by atoms with E-state index in [4.69, 9.17) is 5.11 Å². The summed E-state index contributed by atoms with van der Waals surface area (Å²) in [5.74, 6) is -1.52. The molecule has 1 heterocycles. The third-order valence-electron chi connectivity index (χ3n) is 1.62. The summed E-state index contributed by atoms with van der Waals surface area (Å²) in [6.07, 6.45) is 1.16. The van der Waals surface area contributed by atoms with Crippen molar-refractivity contribution in [3.8, 4) is 0 Å². The number of aromatic nitrogens is 1. The van der Waals surface area contributed by atoms with Gasteiger partial charge in [0.1, 0.15) is 0 Å². The van der Waals surface area contributed by atoms with E-state index in [9.17, 15) is 9.59 Å². The highest BCUT2D eigenvalue weighted by Crippen LogP contribution is 1.96. The molecule has 6 heteroatoms. The van der Waals surface area contributed by atoms with Gasteiger partial charge in [-0.3, -0.25) is 9.78 Å². The molecule has 1 atom stereocenters. The summed E-state index contributed by atoms with van der Waals surface area (Å²) in [6.45, 7) is 0. The van der Waals surface area contributed by atoms with Gasteiger partial charge in [-0.15, -0.1) is 0 Å². The number of ether oxygens (including phenoxy) is 1. The van der Waals surface area contributed by atoms with Crippen molar-refractivity contribution in [1.82, 2.24) is 10.3 Å². The second-order valence-corrected chi connectivity index (χ2v) is 2.64. The molecule has 6 nitrogen and oxygen atoms in total. The summed E-state index contributed by atoms with van der Waals surface area (Å²) in [7, 11) is 1.11. The number of nitrogens with one attached hydrogen (secondary N) is 1. The Kier molecular flexibility index (Phi) is 3.75. The minimum Gasteiger partial charge on any atom is -0.466 e. The molecule has 0 fully saturated rings. The maximum Gasteiger partial charge on any atom is 0.356 e. The molecule has 1 aromatic rings. The Morgan fingerprint density at radius 1 is 1.60 bits per heavy atom. The lowest BCUT2D eigenvalue weighted by molar-refractivity contribution is -0.151. The fourth-order valence-corrected chi connectivity index (χ4v) is 0.875. The van der Waals surface area contributed by atoms with Crippen LogP contribution in [0.1, 0.15) is 10.4 Å². The Morgan fingerprint density at radius 3 is 2.87 bits per heavy atom. The van der Waals surface area contributed by atoms with E-state index in [1.807, 2.05) is 5.32 Å². The summed E-state index contributed by atoms with van der Waals surface area (Å²) in [6, 6.07) is 3.08. The maximum atomic E-state index is 11.4. The molecule has 0 saturated heterocycles. The molecule has 80 valence electrons. The molecule has 1 rings (SSSR count). The molecular formula is C9H10N2O4. The van der Waals surface area contributed by atoms with Gasteiger partial charge in [0.15, 0.2) is 0 Å². The van der Waals surface area contributed by atoms with Gasteiger partial charge in [-0.1, -0.05) is 0 Å². The molecule has 1 amide bonds. The number of carbonyl (C=O) groups excluding carboxylic acids is 2. The van der Waals surface area contributed by atoms with Crippen LogP contribution in [0, 0.1) is 0 Å². The summed E-state index contributed by atoms with van der Waals surface area (Å²) >= 11 is 0. The molecule has 0 aliphatic rings. The standard InChI is InChI=1S/C9H10N2O4/c1-15-9(14)8(13)11-7(12)6-3-2-4-10-5-6/h2-5,8,13H,1H3,(H,11,12). The molecule has 0 bridgehead atoms. The SMILES string of the molecule is COC(=O)C(O)NC(=O)c1cccnc1. The van der Waals surface area contributed by atoms with Crippen LogP contribution in [-0.2, 0) is 9.53 Å². The van der Waals surface area contributed by atoms with Gasteiger partial charge in [0, 0.05) is 12.4 Å². The average Bonchev–Trinajstić information content (AvgIpc) is 2.29. The lowest BCUT2D eigenvalue weighted by Gasteiger charge is -2.09. The number of esters is 1. The highest BCUT2D eigenvalue weighted by atomic mass is 16.5. The van der Waals surface area contributed by atoms with Crippen LogP contribution < -0.4 is 5.32 Å². The Hall–Kier alpha value is -1.95. The van der Waals surface area contributed by atoms with Gasteiger partial charge in [-0.2, -0.15) is 0 Å². The first-order valence-corrected chi connectivity index (χ1v) is 4.12. The third-order valence-corrected chi connectivity index (χ3v) is 1.62. The van der Waals surface area contributed by atoms with Gasteiger partial charge >= 0.3 is 5.97 Å². The minimum absolute atomic E-state index is 0.250. The first-order valence-electron chi connectivity index (χ1n) is 4.12. The molecule has 0 spiro atoms. The van der Waals surface area contributed by atoms with Crippen LogP contribution in [0.2, 0.25) is 0 Å². The van der Waals surface area contributed by atoms with Crippen molar-refractivity contribution < 1.29 is 19.4 Å². The van der Waals surface area contributed by atoms with Crippen molar-refractivity contribution in [1.29, 1.82) is 0 Å². The van der Waals surface area contributed by atoms with Crippen molar-refractivity contribution in [2.45, 2.75) is 6.23 Å². The lowest BCUT2D eigenvalue weighted by Crippen LogP contribution is -2.41. The van der Waals surface area contributed by atoms with E-state index < -0.39 is 18.1 Å². The number of hydrogen-bond donors (Lipinski definition) is 2. The molecule has 0 aliphatic carbocycles. The van der Waals surface area contributed by atoms with E-state index in [0.717, 1.165) is 7.11 Å². The van der Waals surface area contributed by atoms with Crippen LogP contribution in [-0.4, -0.2) is 35.3 Å². The predicted octanol–water partition coefficient (Wildman–Crippen LogP) is -0.697. The molecule has 15 heavy (non-hydrogen) atoms. The van der Waals surface area contributed by atoms with Crippen LogP contribution in [0.3, 0.4) is 0 Å². The molecule has 0 saturated carbocycles. The fourth-order valence-electron chi connectivity index (χ4n) is 0.875. The zero-order chi connectivity index (χ0) is 11.3. The first-order chi connectivity index (χ1) is 7.15. The minimum atomic E-state index is -1.66. The van der Waals surface area contributed by atoms with E-state index in [1.54, 1.807) is 6.07 Å². The van der Waals surface area contributed by atoms with Gasteiger partial charge in [-0.25, -0.2) is 4.79 Å². The highest BCUT2D eigenvalue weighted by molar-refractivity contribution is 5.96. The predicted molar refractivity (Wildman–Crippen MR) is 49.7 cm³/mol. The van der Waals surface area contributed by atoms with Crippen LogP contribution >= 0.6 is 0 Å². The number of hydrogen-bond acceptors (Lipinski definition) is 5. The van der Waals surface area contributed by atoms with Crippen molar-refractivity contribution in [2.75, 3.05) is 7.11 Å². The van der Waals surface area contributed by atoms with Gasteiger partial charge < -0.3 is 15.2 Å². The van der Waals surface area contributed by atoms with Crippen molar-refractivity contribution in [2.24, 2.45) is 0 Å². The van der Waals surface area contributed by atoms with E-state index >= 15 is 0 Å². The van der Waals surface area contributed by atoms with Gasteiger partial charge in [0.2, 0.25) is 6.23 Å². The topological polar surface area (TPSA) is 88.5 Å². The number of rotatable bonds is 3. The Labute approximate surface area is 85.9 Å².